The van der Waals surface area contributed by atoms with Crippen LogP contribution in [0, 0.1) is 0 Å². The van der Waals surface area contributed by atoms with Crippen molar-refractivity contribution in [3.05, 3.63) is 65.2 Å². The number of rotatable bonds is 4. The Hall–Kier alpha value is -2.82. The smallest absolute Gasteiger partial charge is 0.329 e. The van der Waals surface area contributed by atoms with Crippen molar-refractivity contribution in [2.75, 3.05) is 11.4 Å². The summed E-state index contributed by atoms with van der Waals surface area (Å²) in [4.78, 5) is 30.1. The molecule has 0 saturated carbocycles. The Labute approximate surface area is 147 Å². The highest BCUT2D eigenvalue weighted by atomic mass is 16.7. The Morgan fingerprint density at radius 2 is 1.84 bits per heavy atom. The lowest BCUT2D eigenvalue weighted by Crippen LogP contribution is -2.30. The predicted molar refractivity (Wildman–Crippen MR) is 95.6 cm³/mol. The van der Waals surface area contributed by atoms with Gasteiger partial charge in [-0.2, -0.15) is 5.06 Å². The molecule has 2 aromatic carbocycles. The normalized spacial score (nSPS) is 12.6. The molecule has 0 fully saturated rings. The Kier molecular flexibility index (Phi) is 5.03. The summed E-state index contributed by atoms with van der Waals surface area (Å²) < 4.78 is 0. The van der Waals surface area contributed by atoms with Crippen LogP contribution in [0.2, 0.25) is 0 Å². The maximum atomic E-state index is 11.6. The molecule has 0 radical (unpaired) electrons. The molecule has 0 bridgehead atoms. The molecular weight excluding hydrogens is 316 g/mol. The number of hydrogen-bond acceptors (Lipinski definition) is 4. The second-order valence-corrected chi connectivity index (χ2v) is 6.26. The summed E-state index contributed by atoms with van der Waals surface area (Å²) in [6, 6.07) is 16.6. The number of nitrogens with zero attached hydrogens (tertiary/aromatic N) is 2. The number of hydrogen-bond donors (Lipinski definition) is 0. The predicted octanol–water partition coefficient (Wildman–Crippen LogP) is 3.08. The van der Waals surface area contributed by atoms with Gasteiger partial charge in [-0.05, 0) is 29.2 Å². The third-order valence-electron chi connectivity index (χ3n) is 4.27. The van der Waals surface area contributed by atoms with E-state index in [9.17, 15) is 9.59 Å². The van der Waals surface area contributed by atoms with Gasteiger partial charge in [-0.25, -0.2) is 0 Å². The summed E-state index contributed by atoms with van der Waals surface area (Å²) in [6.45, 7) is 4.81. The Balaban J connectivity index is 1.72. The number of amides is 1. The molecule has 1 heterocycles. The van der Waals surface area contributed by atoms with Crippen LogP contribution in [0.4, 0.5) is 5.69 Å². The number of benzene rings is 2. The minimum Gasteiger partial charge on any atom is -0.367 e. The molecule has 0 spiro atoms. The standard InChI is InChI=1S/C20H22N2O3/c1-15(23)22(25-16(2)24)14-18-8-9-20-19(12-18)10-11-21(20)13-17-6-4-3-5-7-17/h3-9,12H,10-11,13-14H2,1-2H3. The van der Waals surface area contributed by atoms with E-state index in [1.807, 2.05) is 12.1 Å². The van der Waals surface area contributed by atoms with Crippen molar-refractivity contribution in [1.29, 1.82) is 0 Å². The van der Waals surface area contributed by atoms with Crippen LogP contribution < -0.4 is 4.90 Å². The number of hydroxylamine groups is 2. The van der Waals surface area contributed by atoms with Crippen LogP contribution in [0.3, 0.4) is 0 Å². The first kappa shape index (κ1) is 17.0. The van der Waals surface area contributed by atoms with Crippen molar-refractivity contribution in [3.8, 4) is 0 Å². The van der Waals surface area contributed by atoms with Gasteiger partial charge in [-0.1, -0.05) is 42.5 Å². The third kappa shape index (κ3) is 4.18. The summed E-state index contributed by atoms with van der Waals surface area (Å²) in [7, 11) is 0. The molecule has 1 amide bonds. The molecule has 0 saturated heterocycles. The van der Waals surface area contributed by atoms with Crippen molar-refractivity contribution >= 4 is 17.6 Å². The third-order valence-corrected chi connectivity index (χ3v) is 4.27. The fourth-order valence-electron chi connectivity index (χ4n) is 3.12. The van der Waals surface area contributed by atoms with Crippen LogP contribution in [0.5, 0.6) is 0 Å². The van der Waals surface area contributed by atoms with Crippen LogP contribution in [-0.2, 0) is 33.9 Å². The quantitative estimate of drug-likeness (QED) is 0.804. The topological polar surface area (TPSA) is 49.9 Å². The molecule has 5 heteroatoms. The van der Waals surface area contributed by atoms with Gasteiger partial charge in [-0.3, -0.25) is 9.59 Å². The zero-order chi connectivity index (χ0) is 17.8. The molecule has 0 aliphatic carbocycles. The van der Waals surface area contributed by atoms with Gasteiger partial charge in [0.05, 0.1) is 6.54 Å². The summed E-state index contributed by atoms with van der Waals surface area (Å²) in [6.07, 6.45) is 0.976. The fourth-order valence-corrected chi connectivity index (χ4v) is 3.12. The Morgan fingerprint density at radius 3 is 2.52 bits per heavy atom. The van der Waals surface area contributed by atoms with Crippen molar-refractivity contribution in [3.63, 3.8) is 0 Å². The Morgan fingerprint density at radius 1 is 1.08 bits per heavy atom. The molecule has 1 aliphatic heterocycles. The molecule has 0 unspecified atom stereocenters. The van der Waals surface area contributed by atoms with Gasteiger partial charge < -0.3 is 9.74 Å². The van der Waals surface area contributed by atoms with Crippen molar-refractivity contribution < 1.29 is 14.4 Å². The van der Waals surface area contributed by atoms with E-state index in [-0.39, 0.29) is 12.5 Å². The zero-order valence-electron chi connectivity index (χ0n) is 14.6. The maximum absolute atomic E-state index is 11.6. The highest BCUT2D eigenvalue weighted by Crippen LogP contribution is 2.30. The highest BCUT2D eigenvalue weighted by Gasteiger charge is 2.20. The highest BCUT2D eigenvalue weighted by molar-refractivity contribution is 5.75. The summed E-state index contributed by atoms with van der Waals surface area (Å²) in [5.74, 6) is -0.785. The van der Waals surface area contributed by atoms with Gasteiger partial charge in [0, 0.05) is 32.6 Å². The zero-order valence-corrected chi connectivity index (χ0v) is 14.6. The van der Waals surface area contributed by atoms with E-state index < -0.39 is 5.97 Å². The van der Waals surface area contributed by atoms with E-state index in [0.29, 0.717) is 0 Å². The van der Waals surface area contributed by atoms with Crippen molar-refractivity contribution in [2.24, 2.45) is 0 Å². The fraction of sp³-hybridized carbons (Fsp3) is 0.300. The van der Waals surface area contributed by atoms with Gasteiger partial charge in [0.1, 0.15) is 0 Å². The lowest BCUT2D eigenvalue weighted by atomic mass is 10.1. The van der Waals surface area contributed by atoms with Gasteiger partial charge >= 0.3 is 5.97 Å². The van der Waals surface area contributed by atoms with Crippen molar-refractivity contribution in [2.45, 2.75) is 33.4 Å². The van der Waals surface area contributed by atoms with Crippen LogP contribution in [0.15, 0.2) is 48.5 Å². The summed E-state index contributed by atoms with van der Waals surface area (Å²) in [5, 5.41) is 1.10. The first-order valence-corrected chi connectivity index (χ1v) is 8.40. The van der Waals surface area contributed by atoms with E-state index in [2.05, 4.69) is 41.3 Å². The summed E-state index contributed by atoms with van der Waals surface area (Å²) >= 11 is 0. The number of carbonyl (C=O) groups is 2. The van der Waals surface area contributed by atoms with E-state index >= 15 is 0 Å². The van der Waals surface area contributed by atoms with Gasteiger partial charge in [0.25, 0.3) is 5.91 Å². The minimum atomic E-state index is -0.495. The van der Waals surface area contributed by atoms with E-state index in [1.54, 1.807) is 0 Å². The van der Waals surface area contributed by atoms with Crippen LogP contribution in [0.25, 0.3) is 0 Å². The van der Waals surface area contributed by atoms with Gasteiger partial charge in [0.2, 0.25) is 0 Å². The molecule has 0 aromatic heterocycles. The minimum absolute atomic E-state index is 0.265. The molecule has 5 nitrogen and oxygen atoms in total. The first-order valence-electron chi connectivity index (χ1n) is 8.40. The van der Waals surface area contributed by atoms with E-state index in [1.165, 1.54) is 30.7 Å². The van der Waals surface area contributed by atoms with E-state index in [4.69, 9.17) is 4.84 Å². The molecule has 0 N–H and O–H groups in total. The average molecular weight is 338 g/mol. The molecule has 2 aromatic rings. The van der Waals surface area contributed by atoms with Crippen LogP contribution >= 0.6 is 0 Å². The molecule has 25 heavy (non-hydrogen) atoms. The number of fused-ring (bicyclic) bond motifs is 1. The number of carbonyl (C=O) groups excluding carboxylic acids is 2. The lowest BCUT2D eigenvalue weighted by molar-refractivity contribution is -0.197. The largest absolute Gasteiger partial charge is 0.367 e. The van der Waals surface area contributed by atoms with Crippen LogP contribution in [0.1, 0.15) is 30.5 Å². The van der Waals surface area contributed by atoms with Gasteiger partial charge in [0.15, 0.2) is 0 Å². The van der Waals surface area contributed by atoms with Gasteiger partial charge in [-0.15, -0.1) is 0 Å². The van der Waals surface area contributed by atoms with Crippen molar-refractivity contribution in [1.82, 2.24) is 5.06 Å². The first-order chi connectivity index (χ1) is 12.0. The SMILES string of the molecule is CC(=O)ON(Cc1ccc2c(c1)CCN2Cc1ccccc1)C(C)=O. The Bertz CT molecular complexity index is 774. The second kappa shape index (κ2) is 7.38. The second-order valence-electron chi connectivity index (χ2n) is 6.26. The van der Waals surface area contributed by atoms with E-state index in [0.717, 1.165) is 30.1 Å². The number of anilines is 1. The molecule has 0 atom stereocenters. The van der Waals surface area contributed by atoms with Crippen LogP contribution in [-0.4, -0.2) is 23.5 Å². The average Bonchev–Trinajstić information content (AvgIpc) is 2.97. The maximum Gasteiger partial charge on any atom is 0.329 e. The lowest BCUT2D eigenvalue weighted by Gasteiger charge is -2.21. The molecule has 1 aliphatic rings. The molecular formula is C20H22N2O3. The summed E-state index contributed by atoms with van der Waals surface area (Å²) in [5.41, 5.74) is 4.74. The molecule has 3 rings (SSSR count). The molecule has 130 valence electrons. The monoisotopic (exact) mass is 338 g/mol.